The van der Waals surface area contributed by atoms with Gasteiger partial charge in [-0.25, -0.2) is 0 Å². The zero-order valence-corrected chi connectivity index (χ0v) is 15.3. The van der Waals surface area contributed by atoms with Crippen molar-refractivity contribution in [3.8, 4) is 0 Å². The first-order valence-corrected chi connectivity index (χ1v) is 9.61. The summed E-state index contributed by atoms with van der Waals surface area (Å²) in [6.45, 7) is 2.31. The van der Waals surface area contributed by atoms with Gasteiger partial charge in [0.15, 0.2) is 0 Å². The van der Waals surface area contributed by atoms with Crippen molar-refractivity contribution >= 4 is 5.97 Å². The van der Waals surface area contributed by atoms with E-state index in [1.165, 1.54) is 44.1 Å². The van der Waals surface area contributed by atoms with Crippen LogP contribution in [0, 0.1) is 5.92 Å². The fourth-order valence-electron chi connectivity index (χ4n) is 2.93. The summed E-state index contributed by atoms with van der Waals surface area (Å²) in [5.74, 6) is 0.00113. The van der Waals surface area contributed by atoms with E-state index in [1.807, 2.05) is 0 Å². The average Bonchev–Trinajstić information content (AvgIpc) is 2.57. The molecule has 1 atom stereocenters. The van der Waals surface area contributed by atoms with E-state index >= 15 is 0 Å². The molecule has 2 heteroatoms. The minimum absolute atomic E-state index is 0.317. The van der Waals surface area contributed by atoms with Gasteiger partial charge in [0.1, 0.15) is 0 Å². The number of unbranched alkanes of at least 4 members (excludes halogenated alkanes) is 6. The first-order valence-electron chi connectivity index (χ1n) is 9.61. The van der Waals surface area contributed by atoms with Crippen LogP contribution in [0.15, 0.2) is 42.5 Å². The maximum absolute atomic E-state index is 10.4. The highest BCUT2D eigenvalue weighted by Crippen LogP contribution is 2.14. The van der Waals surface area contributed by atoms with Gasteiger partial charge in [0.25, 0.3) is 0 Å². The normalized spacial score (nSPS) is 12.5. The summed E-state index contributed by atoms with van der Waals surface area (Å²) in [6.07, 6.45) is 16.7. The largest absolute Gasteiger partial charge is 0.481 e. The smallest absolute Gasteiger partial charge is 0.303 e. The van der Waals surface area contributed by atoms with Gasteiger partial charge in [0, 0.05) is 6.42 Å². The van der Waals surface area contributed by atoms with Crippen molar-refractivity contribution < 1.29 is 9.90 Å². The van der Waals surface area contributed by atoms with Crippen molar-refractivity contribution in [2.45, 2.75) is 77.6 Å². The summed E-state index contributed by atoms with van der Waals surface area (Å²) in [5.41, 5.74) is 1.45. The number of hydrogen-bond donors (Lipinski definition) is 1. The van der Waals surface area contributed by atoms with Gasteiger partial charge >= 0.3 is 5.97 Å². The second-order valence-corrected chi connectivity index (χ2v) is 6.84. The molecule has 0 radical (unpaired) electrons. The van der Waals surface area contributed by atoms with Gasteiger partial charge in [-0.3, -0.25) is 4.79 Å². The van der Waals surface area contributed by atoms with Crippen LogP contribution in [0.1, 0.15) is 76.7 Å². The molecule has 0 aliphatic carbocycles. The van der Waals surface area contributed by atoms with E-state index in [-0.39, 0.29) is 0 Å². The van der Waals surface area contributed by atoms with Crippen molar-refractivity contribution in [1.82, 2.24) is 0 Å². The van der Waals surface area contributed by atoms with E-state index in [2.05, 4.69) is 49.4 Å². The molecule has 134 valence electrons. The van der Waals surface area contributed by atoms with Crippen molar-refractivity contribution in [3.05, 3.63) is 48.0 Å². The molecule has 0 aromatic heterocycles. The van der Waals surface area contributed by atoms with E-state index in [0.29, 0.717) is 12.3 Å². The molecule has 1 aromatic rings. The number of benzene rings is 1. The van der Waals surface area contributed by atoms with Gasteiger partial charge in [-0.05, 0) is 50.0 Å². The third-order valence-electron chi connectivity index (χ3n) is 4.44. The van der Waals surface area contributed by atoms with Crippen molar-refractivity contribution in [1.29, 1.82) is 0 Å². The van der Waals surface area contributed by atoms with Crippen LogP contribution >= 0.6 is 0 Å². The minimum atomic E-state index is -0.674. The van der Waals surface area contributed by atoms with Crippen LogP contribution in [0.5, 0.6) is 0 Å². The fourth-order valence-corrected chi connectivity index (χ4v) is 2.93. The van der Waals surface area contributed by atoms with Gasteiger partial charge in [0.2, 0.25) is 0 Å². The minimum Gasteiger partial charge on any atom is -0.481 e. The van der Waals surface area contributed by atoms with Crippen LogP contribution in [0.3, 0.4) is 0 Å². The third kappa shape index (κ3) is 11.9. The van der Waals surface area contributed by atoms with Gasteiger partial charge in [-0.15, -0.1) is 0 Å². The molecule has 1 rings (SSSR count). The standard InChI is InChI=1S/C22H34O2/c1-20(14-8-4-2-3-5-13-19-22(23)24)15-9-6-10-16-21-17-11-7-12-18-21/h7-8,11-12,14,17-18,20H,2-6,9-10,13,15-16,19H2,1H3,(H,23,24). The Morgan fingerprint density at radius 1 is 1.00 bits per heavy atom. The van der Waals surface area contributed by atoms with Crippen LogP contribution in [0.2, 0.25) is 0 Å². The van der Waals surface area contributed by atoms with E-state index in [9.17, 15) is 4.79 Å². The predicted octanol–water partition coefficient (Wildman–Crippen LogP) is 6.41. The number of aliphatic carboxylic acids is 1. The second-order valence-electron chi connectivity index (χ2n) is 6.84. The van der Waals surface area contributed by atoms with E-state index in [4.69, 9.17) is 5.11 Å². The molecule has 1 aromatic carbocycles. The van der Waals surface area contributed by atoms with E-state index in [0.717, 1.165) is 25.7 Å². The van der Waals surface area contributed by atoms with Crippen molar-refractivity contribution in [3.63, 3.8) is 0 Å². The summed E-state index contributed by atoms with van der Waals surface area (Å²) in [5, 5.41) is 8.57. The Labute approximate surface area is 148 Å². The topological polar surface area (TPSA) is 37.3 Å². The van der Waals surface area contributed by atoms with Gasteiger partial charge in [-0.1, -0.05) is 75.1 Å². The lowest BCUT2D eigenvalue weighted by atomic mass is 10.00. The first-order chi connectivity index (χ1) is 11.7. The van der Waals surface area contributed by atoms with Gasteiger partial charge in [0.05, 0.1) is 0 Å². The van der Waals surface area contributed by atoms with Crippen LogP contribution in [-0.2, 0) is 11.2 Å². The van der Waals surface area contributed by atoms with Crippen LogP contribution in [0.4, 0.5) is 0 Å². The van der Waals surface area contributed by atoms with Crippen LogP contribution in [-0.4, -0.2) is 11.1 Å². The molecule has 0 amide bonds. The van der Waals surface area contributed by atoms with Crippen LogP contribution in [0.25, 0.3) is 0 Å². The molecule has 0 spiro atoms. The highest BCUT2D eigenvalue weighted by atomic mass is 16.4. The Kier molecular flexibility index (Phi) is 11.8. The molecule has 24 heavy (non-hydrogen) atoms. The van der Waals surface area contributed by atoms with Crippen molar-refractivity contribution in [2.75, 3.05) is 0 Å². The zero-order valence-electron chi connectivity index (χ0n) is 15.3. The van der Waals surface area contributed by atoms with Crippen LogP contribution < -0.4 is 0 Å². The monoisotopic (exact) mass is 330 g/mol. The number of carboxylic acid groups (broad SMARTS) is 1. The number of rotatable bonds is 14. The number of allylic oxidation sites excluding steroid dienone is 2. The lowest BCUT2D eigenvalue weighted by Gasteiger charge is -2.06. The average molecular weight is 331 g/mol. The number of carbonyl (C=O) groups is 1. The molecular weight excluding hydrogens is 296 g/mol. The molecule has 1 unspecified atom stereocenters. The predicted molar refractivity (Wildman–Crippen MR) is 102 cm³/mol. The van der Waals surface area contributed by atoms with Gasteiger partial charge < -0.3 is 5.11 Å². The molecule has 0 fully saturated rings. The second kappa shape index (κ2) is 13.8. The summed E-state index contributed by atoms with van der Waals surface area (Å²) < 4.78 is 0. The number of aryl methyl sites for hydroxylation is 1. The first kappa shape index (κ1) is 20.5. The number of carboxylic acids is 1. The fraction of sp³-hybridized carbons (Fsp3) is 0.591. The zero-order chi connectivity index (χ0) is 17.5. The maximum atomic E-state index is 10.4. The lowest BCUT2D eigenvalue weighted by Crippen LogP contribution is -1.93. The quantitative estimate of drug-likeness (QED) is 0.316. The summed E-state index contributed by atoms with van der Waals surface area (Å²) in [4.78, 5) is 10.4. The molecule has 0 aliphatic rings. The molecule has 0 saturated heterocycles. The summed E-state index contributed by atoms with van der Waals surface area (Å²) >= 11 is 0. The van der Waals surface area contributed by atoms with Crippen molar-refractivity contribution in [2.24, 2.45) is 5.92 Å². The molecule has 2 nitrogen and oxygen atoms in total. The molecule has 0 saturated carbocycles. The molecular formula is C22H34O2. The maximum Gasteiger partial charge on any atom is 0.303 e. The summed E-state index contributed by atoms with van der Waals surface area (Å²) in [6, 6.07) is 10.7. The number of hydrogen-bond acceptors (Lipinski definition) is 1. The SMILES string of the molecule is CC(C=CCCCCCCC(=O)O)CCCCCc1ccccc1. The highest BCUT2D eigenvalue weighted by molar-refractivity contribution is 5.66. The highest BCUT2D eigenvalue weighted by Gasteiger charge is 1.99. The Morgan fingerprint density at radius 2 is 1.71 bits per heavy atom. The molecule has 1 N–H and O–H groups in total. The van der Waals surface area contributed by atoms with E-state index in [1.54, 1.807) is 0 Å². The Bertz CT molecular complexity index is 450. The lowest BCUT2D eigenvalue weighted by molar-refractivity contribution is -0.137. The van der Waals surface area contributed by atoms with E-state index < -0.39 is 5.97 Å². The summed E-state index contributed by atoms with van der Waals surface area (Å²) in [7, 11) is 0. The molecule has 0 aliphatic heterocycles. The Morgan fingerprint density at radius 3 is 2.46 bits per heavy atom. The third-order valence-corrected chi connectivity index (χ3v) is 4.44. The molecule has 0 bridgehead atoms. The molecule has 0 heterocycles. The van der Waals surface area contributed by atoms with Gasteiger partial charge in [-0.2, -0.15) is 0 Å². The Hall–Kier alpha value is -1.57. The Balaban J connectivity index is 1.91.